The number of anilines is 1. The van der Waals surface area contributed by atoms with Crippen LogP contribution < -0.4 is 11.1 Å². The SMILES string of the molecule is CCC(C)NC(=O)c1c(N)n(-c2cc(Cl)ccc2Cl)c2nc3ccccc3nc12. The lowest BCUT2D eigenvalue weighted by Gasteiger charge is -2.12. The molecule has 0 fully saturated rings. The third-order valence-corrected chi connectivity index (χ3v) is 5.42. The van der Waals surface area contributed by atoms with Gasteiger partial charge in [0.25, 0.3) is 5.91 Å². The molecule has 2 heterocycles. The molecule has 0 spiro atoms. The van der Waals surface area contributed by atoms with Gasteiger partial charge in [-0.05, 0) is 43.7 Å². The van der Waals surface area contributed by atoms with Crippen molar-refractivity contribution in [3.63, 3.8) is 0 Å². The first kappa shape index (κ1) is 19.5. The number of benzene rings is 2. The maximum Gasteiger partial charge on any atom is 0.257 e. The Morgan fingerprint density at radius 1 is 1.17 bits per heavy atom. The zero-order chi connectivity index (χ0) is 20.7. The fraction of sp³-hybridized carbons (Fsp3) is 0.190. The highest BCUT2D eigenvalue weighted by Gasteiger charge is 2.26. The van der Waals surface area contributed by atoms with Crippen LogP contribution in [0.5, 0.6) is 0 Å². The van der Waals surface area contributed by atoms with E-state index < -0.39 is 0 Å². The zero-order valence-electron chi connectivity index (χ0n) is 15.9. The normalized spacial score (nSPS) is 12.4. The van der Waals surface area contributed by atoms with Crippen LogP contribution in [0, 0.1) is 0 Å². The number of nitrogen functional groups attached to an aromatic ring is 1. The second kappa shape index (κ2) is 7.54. The van der Waals surface area contributed by atoms with Crippen LogP contribution in [0.1, 0.15) is 30.6 Å². The summed E-state index contributed by atoms with van der Waals surface area (Å²) in [5.41, 5.74) is 9.49. The molecule has 4 rings (SSSR count). The van der Waals surface area contributed by atoms with Crippen LogP contribution in [-0.4, -0.2) is 26.5 Å². The number of halogens is 2. The number of aromatic nitrogens is 3. The van der Waals surface area contributed by atoms with E-state index >= 15 is 0 Å². The first-order valence-corrected chi connectivity index (χ1v) is 9.99. The lowest BCUT2D eigenvalue weighted by Crippen LogP contribution is -2.32. The van der Waals surface area contributed by atoms with Crippen molar-refractivity contribution in [3.05, 3.63) is 58.1 Å². The Labute approximate surface area is 177 Å². The minimum Gasteiger partial charge on any atom is -0.384 e. The molecule has 0 aliphatic carbocycles. The van der Waals surface area contributed by atoms with Crippen molar-refractivity contribution in [2.24, 2.45) is 0 Å². The Bertz CT molecular complexity index is 1250. The summed E-state index contributed by atoms with van der Waals surface area (Å²) in [6.45, 7) is 3.93. The molecule has 2 aromatic heterocycles. The Kier molecular flexibility index (Phi) is 5.06. The lowest BCUT2D eigenvalue weighted by molar-refractivity contribution is 0.0941. The van der Waals surface area contributed by atoms with E-state index in [9.17, 15) is 4.79 Å². The van der Waals surface area contributed by atoms with Gasteiger partial charge >= 0.3 is 0 Å². The van der Waals surface area contributed by atoms with Gasteiger partial charge in [0.05, 0.1) is 21.7 Å². The molecule has 0 aliphatic rings. The Morgan fingerprint density at radius 2 is 1.86 bits per heavy atom. The maximum absolute atomic E-state index is 13.1. The fourth-order valence-corrected chi connectivity index (χ4v) is 3.55. The fourth-order valence-electron chi connectivity index (χ4n) is 3.18. The molecule has 1 atom stereocenters. The molecule has 2 aromatic carbocycles. The van der Waals surface area contributed by atoms with Crippen molar-refractivity contribution < 1.29 is 4.79 Å². The number of hydrogen-bond donors (Lipinski definition) is 2. The van der Waals surface area contributed by atoms with Crippen LogP contribution in [0.2, 0.25) is 10.0 Å². The van der Waals surface area contributed by atoms with Gasteiger partial charge in [-0.15, -0.1) is 0 Å². The molecule has 0 saturated carbocycles. The summed E-state index contributed by atoms with van der Waals surface area (Å²) >= 11 is 12.6. The summed E-state index contributed by atoms with van der Waals surface area (Å²) in [6.07, 6.45) is 0.791. The first-order chi connectivity index (χ1) is 13.9. The number of rotatable bonds is 4. The van der Waals surface area contributed by atoms with Gasteiger partial charge in [-0.3, -0.25) is 9.36 Å². The van der Waals surface area contributed by atoms with Gasteiger partial charge in [-0.2, -0.15) is 0 Å². The van der Waals surface area contributed by atoms with Gasteiger partial charge in [0.15, 0.2) is 5.65 Å². The smallest absolute Gasteiger partial charge is 0.257 e. The van der Waals surface area contributed by atoms with E-state index in [0.717, 1.165) is 6.42 Å². The molecule has 0 aliphatic heterocycles. The van der Waals surface area contributed by atoms with Gasteiger partial charge in [0, 0.05) is 11.1 Å². The van der Waals surface area contributed by atoms with Crippen LogP contribution >= 0.6 is 23.2 Å². The number of carbonyl (C=O) groups is 1. The second-order valence-corrected chi connectivity index (χ2v) is 7.70. The van der Waals surface area contributed by atoms with Gasteiger partial charge < -0.3 is 11.1 Å². The van der Waals surface area contributed by atoms with E-state index in [2.05, 4.69) is 5.32 Å². The summed E-state index contributed by atoms with van der Waals surface area (Å²) in [6, 6.07) is 12.5. The molecule has 0 bridgehead atoms. The van der Waals surface area contributed by atoms with E-state index in [4.69, 9.17) is 38.9 Å². The maximum atomic E-state index is 13.1. The molecule has 29 heavy (non-hydrogen) atoms. The molecule has 1 amide bonds. The second-order valence-electron chi connectivity index (χ2n) is 6.86. The molecule has 148 valence electrons. The summed E-state index contributed by atoms with van der Waals surface area (Å²) in [7, 11) is 0. The highest BCUT2D eigenvalue weighted by atomic mass is 35.5. The summed E-state index contributed by atoms with van der Waals surface area (Å²) in [5.74, 6) is -0.0939. The number of hydrogen-bond acceptors (Lipinski definition) is 4. The van der Waals surface area contributed by atoms with Crippen molar-refractivity contribution in [2.45, 2.75) is 26.3 Å². The molecule has 0 radical (unpaired) electrons. The number of nitrogens with two attached hydrogens (primary N) is 1. The quantitative estimate of drug-likeness (QED) is 0.480. The van der Waals surface area contributed by atoms with Crippen LogP contribution in [0.4, 0.5) is 5.82 Å². The van der Waals surface area contributed by atoms with Gasteiger partial charge in [-0.1, -0.05) is 42.3 Å². The Hall–Kier alpha value is -2.83. The number of amides is 1. The number of para-hydroxylation sites is 2. The third-order valence-electron chi connectivity index (χ3n) is 4.86. The molecular weight excluding hydrogens is 409 g/mol. The van der Waals surface area contributed by atoms with Crippen molar-refractivity contribution in [1.82, 2.24) is 19.9 Å². The molecule has 1 unspecified atom stereocenters. The van der Waals surface area contributed by atoms with E-state index in [1.54, 1.807) is 22.8 Å². The topological polar surface area (TPSA) is 85.8 Å². The minimum absolute atomic E-state index is 0.0107. The standard InChI is InChI=1S/C21H19Cl2N5O/c1-3-11(2)25-21(29)17-18-20(27-15-7-5-4-6-14(15)26-18)28(19(17)24)16-10-12(22)8-9-13(16)23/h4-11H,3,24H2,1-2H3,(H,25,29). The first-order valence-electron chi connectivity index (χ1n) is 9.23. The molecule has 8 heteroatoms. The lowest BCUT2D eigenvalue weighted by atomic mass is 10.2. The van der Waals surface area contributed by atoms with Gasteiger partial charge in [0.2, 0.25) is 0 Å². The Balaban J connectivity index is 2.07. The predicted molar refractivity (Wildman–Crippen MR) is 118 cm³/mol. The number of carbonyl (C=O) groups excluding carboxylic acids is 1. The Morgan fingerprint density at radius 3 is 2.55 bits per heavy atom. The largest absolute Gasteiger partial charge is 0.384 e. The van der Waals surface area contributed by atoms with Crippen LogP contribution in [0.3, 0.4) is 0 Å². The summed E-state index contributed by atoms with van der Waals surface area (Å²) in [5, 5.41) is 3.88. The van der Waals surface area contributed by atoms with Crippen molar-refractivity contribution >= 4 is 57.1 Å². The van der Waals surface area contributed by atoms with E-state index in [1.807, 2.05) is 38.1 Å². The van der Waals surface area contributed by atoms with Gasteiger partial charge in [0.1, 0.15) is 16.9 Å². The van der Waals surface area contributed by atoms with E-state index in [1.165, 1.54) is 0 Å². The van der Waals surface area contributed by atoms with E-state index in [-0.39, 0.29) is 23.3 Å². The monoisotopic (exact) mass is 427 g/mol. The molecule has 6 nitrogen and oxygen atoms in total. The predicted octanol–water partition coefficient (Wildman–Crippen LogP) is 4.99. The molecular formula is C21H19Cl2N5O. The molecule has 0 saturated heterocycles. The van der Waals surface area contributed by atoms with E-state index in [0.29, 0.717) is 37.9 Å². The minimum atomic E-state index is -0.302. The highest BCUT2D eigenvalue weighted by molar-refractivity contribution is 6.34. The van der Waals surface area contributed by atoms with Crippen LogP contribution in [0.15, 0.2) is 42.5 Å². The zero-order valence-corrected chi connectivity index (χ0v) is 17.4. The summed E-state index contributed by atoms with van der Waals surface area (Å²) in [4.78, 5) is 22.5. The summed E-state index contributed by atoms with van der Waals surface area (Å²) < 4.78 is 1.63. The van der Waals surface area contributed by atoms with Crippen LogP contribution in [-0.2, 0) is 0 Å². The third kappa shape index (κ3) is 3.39. The van der Waals surface area contributed by atoms with Crippen molar-refractivity contribution in [1.29, 1.82) is 0 Å². The van der Waals surface area contributed by atoms with Crippen molar-refractivity contribution in [2.75, 3.05) is 5.73 Å². The van der Waals surface area contributed by atoms with Crippen LogP contribution in [0.25, 0.3) is 27.9 Å². The average Bonchev–Trinajstić information content (AvgIpc) is 2.98. The molecule has 4 aromatic rings. The van der Waals surface area contributed by atoms with Crippen molar-refractivity contribution in [3.8, 4) is 5.69 Å². The number of nitrogens with one attached hydrogen (secondary N) is 1. The average molecular weight is 428 g/mol. The van der Waals surface area contributed by atoms with Gasteiger partial charge in [-0.25, -0.2) is 9.97 Å². The molecule has 3 N–H and O–H groups in total. The number of fused-ring (bicyclic) bond motifs is 2. The number of nitrogens with zero attached hydrogens (tertiary/aromatic N) is 3. The highest BCUT2D eigenvalue weighted by Crippen LogP contribution is 2.34.